The van der Waals surface area contributed by atoms with Gasteiger partial charge in [-0.05, 0) is 53.7 Å². The summed E-state index contributed by atoms with van der Waals surface area (Å²) in [4.78, 5) is 55.0. The molecule has 1 heterocycles. The Morgan fingerprint density at radius 1 is 1.00 bits per heavy atom. The van der Waals surface area contributed by atoms with Crippen LogP contribution < -0.4 is 10.2 Å². The first kappa shape index (κ1) is 28.3. The normalized spacial score (nSPS) is 14.7. The number of carbonyl (C=O) groups is 3. The van der Waals surface area contributed by atoms with E-state index >= 15 is 0 Å². The molecule has 1 aromatic rings. The number of esters is 1. The third-order valence-electron chi connectivity index (χ3n) is 4.72. The van der Waals surface area contributed by atoms with Crippen LogP contribution in [0.25, 0.3) is 0 Å². The van der Waals surface area contributed by atoms with E-state index in [4.69, 9.17) is 9.47 Å². The number of carbonyl (C=O) groups excluding carboxylic acids is 3. The molecular weight excluding hydrogens is 474 g/mol. The second kappa shape index (κ2) is 11.2. The summed E-state index contributed by atoms with van der Waals surface area (Å²) < 4.78 is 15.2. The van der Waals surface area contributed by atoms with Gasteiger partial charge in [-0.3, -0.25) is 15.4 Å². The van der Waals surface area contributed by atoms with E-state index in [0.29, 0.717) is 18.8 Å². The van der Waals surface area contributed by atoms with E-state index in [0.717, 1.165) is 0 Å². The van der Waals surface area contributed by atoms with E-state index in [1.165, 1.54) is 25.3 Å². The van der Waals surface area contributed by atoms with Gasteiger partial charge in [0.2, 0.25) is 5.96 Å². The molecule has 2 amide bonds. The first-order valence-electron chi connectivity index (χ1n) is 11.3. The highest BCUT2D eigenvalue weighted by Gasteiger charge is 2.29. The number of hydrogen-bond donors (Lipinski definition) is 1. The molecule has 13 heteroatoms. The fourth-order valence-corrected chi connectivity index (χ4v) is 3.28. The average Bonchev–Trinajstić information content (AvgIpc) is 2.75. The Balaban J connectivity index is 2.24. The summed E-state index contributed by atoms with van der Waals surface area (Å²) in [6, 6.07) is 4.13. The molecule has 1 aliphatic heterocycles. The first-order chi connectivity index (χ1) is 16.6. The number of methoxy groups -OCH3 is 1. The highest BCUT2D eigenvalue weighted by atomic mass is 16.6. The number of alkyl carbamates (subject to hydrolysis) is 1. The number of aliphatic imine (C=N–C) groups is 1. The molecule has 1 aromatic carbocycles. The van der Waals surface area contributed by atoms with Crippen molar-refractivity contribution in [2.45, 2.75) is 52.7 Å². The Morgan fingerprint density at radius 3 is 2.08 bits per heavy atom. The lowest BCUT2D eigenvalue weighted by Gasteiger charge is -2.37. The Morgan fingerprint density at radius 2 is 1.58 bits per heavy atom. The molecule has 0 saturated carbocycles. The Bertz CT molecular complexity index is 1030. The molecule has 0 aromatic heterocycles. The summed E-state index contributed by atoms with van der Waals surface area (Å²) in [5.41, 5.74) is -1.39. The van der Waals surface area contributed by atoms with Gasteiger partial charge >= 0.3 is 18.2 Å². The second-order valence-electron chi connectivity index (χ2n) is 9.97. The third kappa shape index (κ3) is 8.40. The molecule has 0 aliphatic carbocycles. The average molecular weight is 508 g/mol. The lowest BCUT2D eigenvalue weighted by Crippen LogP contribution is -2.54. The summed E-state index contributed by atoms with van der Waals surface area (Å²) in [6.07, 6.45) is -1.67. The van der Waals surface area contributed by atoms with Gasteiger partial charge in [-0.1, -0.05) is 0 Å². The summed E-state index contributed by atoms with van der Waals surface area (Å²) in [5, 5.41) is 14.2. The standard InChI is InChI=1S/C23H33N5O8/c1-22(2,3)35-20(30)24-19(25-21(31)36-23(4,5)6)27-12-10-26(11-13-27)16-9-8-15(18(29)34-7)14-17(16)28(32)33/h8-9,14H,10-13H2,1-7H3,(H,24,25,30,31). The van der Waals surface area contributed by atoms with Crippen molar-refractivity contribution in [2.75, 3.05) is 38.2 Å². The third-order valence-corrected chi connectivity index (χ3v) is 4.72. The number of nitrogens with one attached hydrogen (secondary N) is 1. The zero-order valence-electron chi connectivity index (χ0n) is 21.6. The highest BCUT2D eigenvalue weighted by molar-refractivity contribution is 5.99. The number of rotatable bonds is 3. The van der Waals surface area contributed by atoms with Gasteiger partial charge in [-0.15, -0.1) is 4.99 Å². The van der Waals surface area contributed by atoms with Crippen molar-refractivity contribution in [3.05, 3.63) is 33.9 Å². The molecule has 0 unspecified atom stereocenters. The minimum Gasteiger partial charge on any atom is -0.465 e. The number of piperazine rings is 1. The van der Waals surface area contributed by atoms with E-state index in [1.807, 2.05) is 0 Å². The molecule has 1 aliphatic rings. The number of ether oxygens (including phenoxy) is 3. The molecule has 36 heavy (non-hydrogen) atoms. The number of nitrogens with zero attached hydrogens (tertiary/aromatic N) is 4. The molecule has 1 N–H and O–H groups in total. The van der Waals surface area contributed by atoms with Crippen LogP contribution in [0.1, 0.15) is 51.9 Å². The van der Waals surface area contributed by atoms with Crippen LogP contribution in [0.3, 0.4) is 0 Å². The Hall–Kier alpha value is -3.90. The van der Waals surface area contributed by atoms with E-state index in [-0.39, 0.29) is 30.3 Å². The molecule has 0 bridgehead atoms. The smallest absolute Gasteiger partial charge is 0.437 e. The molecule has 0 radical (unpaired) electrons. The van der Waals surface area contributed by atoms with Crippen LogP contribution >= 0.6 is 0 Å². The van der Waals surface area contributed by atoms with Gasteiger partial charge < -0.3 is 24.0 Å². The van der Waals surface area contributed by atoms with Crippen LogP contribution in [0.2, 0.25) is 0 Å². The van der Waals surface area contributed by atoms with E-state index < -0.39 is 34.3 Å². The van der Waals surface area contributed by atoms with Crippen LogP contribution in [0.15, 0.2) is 23.2 Å². The van der Waals surface area contributed by atoms with Crippen LogP contribution in [0.5, 0.6) is 0 Å². The molecule has 1 saturated heterocycles. The topological polar surface area (TPSA) is 153 Å². The number of nitro benzene ring substituents is 1. The lowest BCUT2D eigenvalue weighted by molar-refractivity contribution is -0.384. The van der Waals surface area contributed by atoms with E-state index in [2.05, 4.69) is 15.0 Å². The van der Waals surface area contributed by atoms with Crippen molar-refractivity contribution in [1.82, 2.24) is 10.2 Å². The van der Waals surface area contributed by atoms with Crippen LogP contribution in [-0.4, -0.2) is 78.4 Å². The predicted molar refractivity (Wildman–Crippen MR) is 131 cm³/mol. The summed E-state index contributed by atoms with van der Waals surface area (Å²) in [6.45, 7) is 11.3. The van der Waals surface area contributed by atoms with Gasteiger partial charge in [0.1, 0.15) is 16.9 Å². The second-order valence-corrected chi connectivity index (χ2v) is 9.97. The predicted octanol–water partition coefficient (Wildman–Crippen LogP) is 3.32. The SMILES string of the molecule is COC(=O)c1ccc(N2CCN(/C(=N\C(=O)OC(C)(C)C)NC(=O)OC(C)(C)C)CC2)c([N+](=O)[O-])c1. The number of benzene rings is 1. The monoisotopic (exact) mass is 507 g/mol. The first-order valence-corrected chi connectivity index (χ1v) is 11.3. The number of guanidine groups is 1. The fourth-order valence-electron chi connectivity index (χ4n) is 3.28. The van der Waals surface area contributed by atoms with Gasteiger partial charge in [-0.25, -0.2) is 14.4 Å². The van der Waals surface area contributed by atoms with Gasteiger partial charge in [0, 0.05) is 32.2 Å². The van der Waals surface area contributed by atoms with Crippen molar-refractivity contribution in [3.63, 3.8) is 0 Å². The zero-order valence-corrected chi connectivity index (χ0v) is 21.6. The molecule has 13 nitrogen and oxygen atoms in total. The molecule has 0 atom stereocenters. The number of anilines is 1. The molecule has 2 rings (SSSR count). The number of hydrogen-bond acceptors (Lipinski definition) is 9. The van der Waals surface area contributed by atoms with Gasteiger partial charge in [0.25, 0.3) is 5.69 Å². The molecule has 1 fully saturated rings. The van der Waals surface area contributed by atoms with Crippen molar-refractivity contribution in [3.8, 4) is 0 Å². The maximum Gasteiger partial charge on any atom is 0.437 e. The summed E-state index contributed by atoms with van der Waals surface area (Å²) in [5.74, 6) is -0.723. The van der Waals surface area contributed by atoms with Crippen molar-refractivity contribution in [2.24, 2.45) is 4.99 Å². The van der Waals surface area contributed by atoms with Gasteiger partial charge in [-0.2, -0.15) is 0 Å². The van der Waals surface area contributed by atoms with Gasteiger partial charge in [0.15, 0.2) is 0 Å². The van der Waals surface area contributed by atoms with Crippen LogP contribution in [-0.2, 0) is 14.2 Å². The number of nitro groups is 1. The van der Waals surface area contributed by atoms with Crippen molar-refractivity contribution in [1.29, 1.82) is 0 Å². The molecule has 198 valence electrons. The van der Waals surface area contributed by atoms with Crippen LogP contribution in [0.4, 0.5) is 21.0 Å². The summed E-state index contributed by atoms with van der Waals surface area (Å²) >= 11 is 0. The fraction of sp³-hybridized carbons (Fsp3) is 0.565. The van der Waals surface area contributed by atoms with Gasteiger partial charge in [0.05, 0.1) is 17.6 Å². The van der Waals surface area contributed by atoms with Crippen LogP contribution in [0, 0.1) is 10.1 Å². The Labute approximate surface area is 209 Å². The minimum absolute atomic E-state index is 0.0475. The lowest BCUT2D eigenvalue weighted by atomic mass is 10.1. The molecular formula is C23H33N5O8. The van der Waals surface area contributed by atoms with Crippen molar-refractivity contribution >= 4 is 35.5 Å². The van der Waals surface area contributed by atoms with E-state index in [9.17, 15) is 24.5 Å². The quantitative estimate of drug-likeness (QED) is 0.161. The zero-order chi connectivity index (χ0) is 27.3. The number of amides is 2. The van der Waals surface area contributed by atoms with E-state index in [1.54, 1.807) is 51.3 Å². The highest BCUT2D eigenvalue weighted by Crippen LogP contribution is 2.30. The maximum absolute atomic E-state index is 12.4. The Kier molecular flexibility index (Phi) is 8.84. The summed E-state index contributed by atoms with van der Waals surface area (Å²) in [7, 11) is 1.20. The minimum atomic E-state index is -0.884. The molecule has 0 spiro atoms. The maximum atomic E-state index is 12.4. The van der Waals surface area contributed by atoms with Crippen molar-refractivity contribution < 1.29 is 33.5 Å². The largest absolute Gasteiger partial charge is 0.465 e.